The maximum atomic E-state index is 11.7. The van der Waals surface area contributed by atoms with Crippen LogP contribution in [0.4, 0.5) is 0 Å². The number of ether oxygens (including phenoxy) is 2. The molecule has 0 aliphatic heterocycles. The molecule has 118 valence electrons. The van der Waals surface area contributed by atoms with E-state index in [0.717, 1.165) is 17.6 Å². The van der Waals surface area contributed by atoms with Crippen molar-refractivity contribution in [1.82, 2.24) is 0 Å². The van der Waals surface area contributed by atoms with Crippen LogP contribution >= 0.6 is 0 Å². The van der Waals surface area contributed by atoms with Crippen molar-refractivity contribution in [2.75, 3.05) is 7.11 Å². The number of hydrogen-bond acceptors (Lipinski definition) is 3. The SMILES string of the molecule is COc1c(OC2(C(C)(C)C)CCCCC2)cc[n+]([O-])c1C. The van der Waals surface area contributed by atoms with E-state index in [1.807, 2.05) is 0 Å². The quantitative estimate of drug-likeness (QED) is 0.629. The lowest BCUT2D eigenvalue weighted by molar-refractivity contribution is -0.612. The van der Waals surface area contributed by atoms with Crippen molar-refractivity contribution in [2.24, 2.45) is 5.41 Å². The van der Waals surface area contributed by atoms with Crippen LogP contribution < -0.4 is 14.2 Å². The van der Waals surface area contributed by atoms with Crippen molar-refractivity contribution < 1.29 is 14.2 Å². The zero-order chi connectivity index (χ0) is 15.7. The summed E-state index contributed by atoms with van der Waals surface area (Å²) < 4.78 is 12.7. The lowest BCUT2D eigenvalue weighted by Gasteiger charge is -2.47. The summed E-state index contributed by atoms with van der Waals surface area (Å²) in [4.78, 5) is 0. The number of pyridine rings is 1. The van der Waals surface area contributed by atoms with Crippen LogP contribution in [0, 0.1) is 17.5 Å². The second kappa shape index (κ2) is 5.74. The van der Waals surface area contributed by atoms with Gasteiger partial charge in [-0.2, -0.15) is 4.73 Å². The molecule has 0 unspecified atom stereocenters. The van der Waals surface area contributed by atoms with E-state index in [1.165, 1.54) is 25.5 Å². The van der Waals surface area contributed by atoms with Gasteiger partial charge in [0.25, 0.3) is 0 Å². The minimum Gasteiger partial charge on any atom is -0.618 e. The third-order valence-corrected chi connectivity index (χ3v) is 4.78. The number of hydrogen-bond donors (Lipinski definition) is 0. The Bertz CT molecular complexity index is 499. The molecule has 0 spiro atoms. The zero-order valence-electron chi connectivity index (χ0n) is 13.9. The average Bonchev–Trinajstić information content (AvgIpc) is 2.43. The first-order valence-corrected chi connectivity index (χ1v) is 7.76. The summed E-state index contributed by atoms with van der Waals surface area (Å²) in [6.45, 7) is 8.44. The van der Waals surface area contributed by atoms with E-state index in [-0.39, 0.29) is 11.0 Å². The molecule has 1 saturated carbocycles. The van der Waals surface area contributed by atoms with Gasteiger partial charge in [0.05, 0.1) is 7.11 Å². The van der Waals surface area contributed by atoms with Crippen molar-refractivity contribution in [2.45, 2.75) is 65.4 Å². The van der Waals surface area contributed by atoms with Gasteiger partial charge in [-0.1, -0.05) is 27.2 Å². The fourth-order valence-electron chi connectivity index (χ4n) is 3.27. The Balaban J connectivity index is 2.40. The van der Waals surface area contributed by atoms with Gasteiger partial charge in [0, 0.05) is 18.4 Å². The molecule has 0 N–H and O–H groups in total. The highest BCUT2D eigenvalue weighted by atomic mass is 16.5. The molecule has 21 heavy (non-hydrogen) atoms. The highest BCUT2D eigenvalue weighted by Crippen LogP contribution is 2.46. The van der Waals surface area contributed by atoms with Gasteiger partial charge in [0.1, 0.15) is 5.60 Å². The molecule has 0 saturated heterocycles. The van der Waals surface area contributed by atoms with Crippen LogP contribution in [0.25, 0.3) is 0 Å². The molecule has 1 aromatic heterocycles. The third-order valence-electron chi connectivity index (χ3n) is 4.78. The maximum Gasteiger partial charge on any atom is 0.235 e. The molecule has 2 rings (SSSR count). The molecule has 1 fully saturated rings. The number of methoxy groups -OCH3 is 1. The van der Waals surface area contributed by atoms with E-state index in [4.69, 9.17) is 9.47 Å². The van der Waals surface area contributed by atoms with E-state index in [0.29, 0.717) is 17.2 Å². The van der Waals surface area contributed by atoms with Gasteiger partial charge < -0.3 is 14.7 Å². The van der Waals surface area contributed by atoms with Gasteiger partial charge in [0.2, 0.25) is 11.4 Å². The molecule has 1 aliphatic rings. The summed E-state index contributed by atoms with van der Waals surface area (Å²) in [5.41, 5.74) is 0.380. The lowest BCUT2D eigenvalue weighted by Crippen LogP contribution is -2.49. The van der Waals surface area contributed by atoms with Gasteiger partial charge in [-0.15, -0.1) is 0 Å². The van der Waals surface area contributed by atoms with Crippen molar-refractivity contribution in [3.8, 4) is 11.5 Å². The molecule has 0 atom stereocenters. The Morgan fingerprint density at radius 3 is 2.33 bits per heavy atom. The van der Waals surface area contributed by atoms with Crippen LogP contribution in [0.2, 0.25) is 0 Å². The summed E-state index contributed by atoms with van der Waals surface area (Å²) in [7, 11) is 1.58. The average molecular weight is 293 g/mol. The van der Waals surface area contributed by atoms with Crippen molar-refractivity contribution in [1.29, 1.82) is 0 Å². The predicted octanol–water partition coefficient (Wildman–Crippen LogP) is 3.76. The van der Waals surface area contributed by atoms with E-state index >= 15 is 0 Å². The van der Waals surface area contributed by atoms with E-state index in [1.54, 1.807) is 20.1 Å². The number of nitrogens with zero attached hydrogens (tertiary/aromatic N) is 1. The summed E-state index contributed by atoms with van der Waals surface area (Å²) in [5, 5.41) is 11.7. The largest absolute Gasteiger partial charge is 0.618 e. The molecule has 1 heterocycles. The number of aromatic nitrogens is 1. The van der Waals surface area contributed by atoms with Crippen molar-refractivity contribution in [3.63, 3.8) is 0 Å². The van der Waals surface area contributed by atoms with Crippen molar-refractivity contribution in [3.05, 3.63) is 23.2 Å². The van der Waals surface area contributed by atoms with E-state index in [2.05, 4.69) is 20.8 Å². The Morgan fingerprint density at radius 1 is 1.19 bits per heavy atom. The normalized spacial score (nSPS) is 18.3. The Labute approximate surface area is 127 Å². The molecular formula is C17H27NO3. The van der Waals surface area contributed by atoms with E-state index in [9.17, 15) is 5.21 Å². The molecule has 4 heteroatoms. The molecule has 0 bridgehead atoms. The fourth-order valence-corrected chi connectivity index (χ4v) is 3.27. The maximum absolute atomic E-state index is 11.7. The van der Waals surface area contributed by atoms with E-state index < -0.39 is 0 Å². The highest BCUT2D eigenvalue weighted by molar-refractivity contribution is 5.40. The van der Waals surface area contributed by atoms with Gasteiger partial charge >= 0.3 is 0 Å². The van der Waals surface area contributed by atoms with Gasteiger partial charge in [0.15, 0.2) is 11.9 Å². The smallest absolute Gasteiger partial charge is 0.235 e. The van der Waals surface area contributed by atoms with Gasteiger partial charge in [-0.05, 0) is 25.7 Å². The molecule has 1 aromatic rings. The summed E-state index contributed by atoms with van der Waals surface area (Å²) in [6, 6.07) is 1.72. The van der Waals surface area contributed by atoms with Crippen LogP contribution in [0.3, 0.4) is 0 Å². The topological polar surface area (TPSA) is 45.4 Å². The third kappa shape index (κ3) is 2.94. The Morgan fingerprint density at radius 2 is 1.81 bits per heavy atom. The summed E-state index contributed by atoms with van der Waals surface area (Å²) in [6.07, 6.45) is 7.23. The van der Waals surface area contributed by atoms with Gasteiger partial charge in [-0.25, -0.2) is 0 Å². The minimum absolute atomic E-state index is 0.0373. The molecule has 4 nitrogen and oxygen atoms in total. The number of rotatable bonds is 3. The highest BCUT2D eigenvalue weighted by Gasteiger charge is 2.45. The first-order valence-electron chi connectivity index (χ1n) is 7.76. The van der Waals surface area contributed by atoms with Crippen LogP contribution in [0.15, 0.2) is 12.3 Å². The monoisotopic (exact) mass is 293 g/mol. The van der Waals surface area contributed by atoms with Crippen LogP contribution in [0.5, 0.6) is 11.5 Å². The molecular weight excluding hydrogens is 266 g/mol. The lowest BCUT2D eigenvalue weighted by atomic mass is 9.68. The second-order valence-corrected chi connectivity index (χ2v) is 7.03. The minimum atomic E-state index is -0.194. The Kier molecular flexibility index (Phi) is 4.35. The fraction of sp³-hybridized carbons (Fsp3) is 0.706. The summed E-state index contributed by atoms with van der Waals surface area (Å²) >= 11 is 0. The zero-order valence-corrected chi connectivity index (χ0v) is 13.9. The predicted molar refractivity (Wildman–Crippen MR) is 82.6 cm³/mol. The molecule has 1 aliphatic carbocycles. The van der Waals surface area contributed by atoms with Crippen LogP contribution in [0.1, 0.15) is 58.6 Å². The molecule has 0 amide bonds. The standard InChI is InChI=1S/C17H27NO3/c1-13-15(20-5)14(9-12-18(13)19)21-17(16(2,3)4)10-7-6-8-11-17/h9,12H,6-8,10-11H2,1-5H3. The van der Waals surface area contributed by atoms with Crippen LogP contribution in [-0.2, 0) is 0 Å². The van der Waals surface area contributed by atoms with Gasteiger partial charge in [-0.3, -0.25) is 0 Å². The van der Waals surface area contributed by atoms with Crippen molar-refractivity contribution >= 4 is 0 Å². The van der Waals surface area contributed by atoms with Crippen LogP contribution in [-0.4, -0.2) is 12.7 Å². The first kappa shape index (κ1) is 15.9. The Hall–Kier alpha value is -1.45. The molecule has 0 radical (unpaired) electrons. The second-order valence-electron chi connectivity index (χ2n) is 7.03. The first-order chi connectivity index (χ1) is 9.81. The summed E-state index contributed by atoms with van der Waals surface area (Å²) in [5.74, 6) is 1.22. The molecule has 0 aromatic carbocycles.